The molecule has 4 heterocycles. The first kappa shape index (κ1) is 29.8. The molecule has 2 fully saturated rings. The Balaban J connectivity index is 1.63. The second-order valence-corrected chi connectivity index (χ2v) is 13.4. The summed E-state index contributed by atoms with van der Waals surface area (Å²) in [6.45, 7) is 6.31. The molecule has 228 valence electrons. The van der Waals surface area contributed by atoms with Crippen LogP contribution in [0.15, 0.2) is 65.1 Å². The van der Waals surface area contributed by atoms with Gasteiger partial charge in [-0.2, -0.15) is 4.98 Å². The average molecular weight is 641 g/mol. The molecule has 1 aromatic carbocycles. The molecule has 1 atom stereocenters. The molecule has 0 bridgehead atoms. The monoisotopic (exact) mass is 640 g/mol. The Kier molecular flexibility index (Phi) is 7.70. The molecular formula is C30H27ClF2N6O4S. The van der Waals surface area contributed by atoms with Crippen LogP contribution in [0.3, 0.4) is 0 Å². The van der Waals surface area contributed by atoms with E-state index < -0.39 is 38.0 Å². The summed E-state index contributed by atoms with van der Waals surface area (Å²) < 4.78 is 58.1. The van der Waals surface area contributed by atoms with E-state index in [-0.39, 0.29) is 50.1 Å². The van der Waals surface area contributed by atoms with Gasteiger partial charge in [-0.1, -0.05) is 30.7 Å². The molecule has 6 rings (SSSR count). The second kappa shape index (κ2) is 11.4. The zero-order valence-electron chi connectivity index (χ0n) is 23.6. The maximum atomic E-state index is 15.0. The van der Waals surface area contributed by atoms with Crippen LogP contribution in [0.25, 0.3) is 28.0 Å². The number of amides is 1. The third kappa shape index (κ3) is 4.93. The van der Waals surface area contributed by atoms with E-state index in [1.165, 1.54) is 36.7 Å². The lowest BCUT2D eigenvalue weighted by atomic mass is 10.00. The van der Waals surface area contributed by atoms with Crippen LogP contribution in [0.2, 0.25) is 5.02 Å². The minimum absolute atomic E-state index is 0.0855. The topological polar surface area (TPSA) is 118 Å². The van der Waals surface area contributed by atoms with E-state index >= 15 is 0 Å². The van der Waals surface area contributed by atoms with E-state index in [0.29, 0.717) is 32.5 Å². The van der Waals surface area contributed by atoms with E-state index in [2.05, 4.69) is 21.5 Å². The van der Waals surface area contributed by atoms with Crippen molar-refractivity contribution in [3.63, 3.8) is 0 Å². The summed E-state index contributed by atoms with van der Waals surface area (Å²) in [6, 6.07) is 5.73. The molecule has 1 aliphatic carbocycles. The van der Waals surface area contributed by atoms with Gasteiger partial charge in [0, 0.05) is 31.9 Å². The third-order valence-corrected chi connectivity index (χ3v) is 10.8. The minimum Gasteiger partial charge on any atom is -0.350 e. The van der Waals surface area contributed by atoms with Crippen LogP contribution < -0.4 is 10.6 Å². The number of hydrogen-bond acceptors (Lipinski definition) is 8. The summed E-state index contributed by atoms with van der Waals surface area (Å²) in [5.41, 5.74) is -1.86. The van der Waals surface area contributed by atoms with Crippen molar-refractivity contribution in [2.24, 2.45) is 0 Å². The number of sulfone groups is 1. The van der Waals surface area contributed by atoms with Crippen LogP contribution in [-0.4, -0.2) is 69.7 Å². The van der Waals surface area contributed by atoms with Gasteiger partial charge in [-0.05, 0) is 50.1 Å². The smallest absolute Gasteiger partial charge is 0.350 e. The van der Waals surface area contributed by atoms with Gasteiger partial charge in [0.15, 0.2) is 15.5 Å². The molecule has 1 amide bonds. The molecule has 0 N–H and O–H groups in total. The molecule has 1 saturated carbocycles. The van der Waals surface area contributed by atoms with Gasteiger partial charge in [-0.15, -0.1) is 0 Å². The van der Waals surface area contributed by atoms with Gasteiger partial charge in [0.1, 0.15) is 17.5 Å². The minimum atomic E-state index is -3.86. The predicted octanol–water partition coefficient (Wildman–Crippen LogP) is 4.32. The summed E-state index contributed by atoms with van der Waals surface area (Å²) in [5, 5.41) is -0.489. The molecule has 10 nitrogen and oxygen atoms in total. The number of carbonyl (C=O) groups excluding carboxylic acids is 1. The molecule has 44 heavy (non-hydrogen) atoms. The van der Waals surface area contributed by atoms with Gasteiger partial charge in [0.2, 0.25) is 5.91 Å². The summed E-state index contributed by atoms with van der Waals surface area (Å²) in [7, 11) is -3.86. The summed E-state index contributed by atoms with van der Waals surface area (Å²) in [4.78, 5) is 42.5. The molecule has 4 aromatic rings. The number of hydrogen-bond donors (Lipinski definition) is 0. The molecule has 1 saturated heterocycles. The number of halogens is 3. The van der Waals surface area contributed by atoms with Crippen molar-refractivity contribution in [3.8, 4) is 16.9 Å². The summed E-state index contributed by atoms with van der Waals surface area (Å²) >= 11 is 6.62. The third-order valence-electron chi connectivity index (χ3n) is 8.19. The zero-order valence-corrected chi connectivity index (χ0v) is 25.2. The number of piperazine rings is 1. The van der Waals surface area contributed by atoms with E-state index in [4.69, 9.17) is 11.6 Å². The normalized spacial score (nSPS) is 17.5. The van der Waals surface area contributed by atoms with E-state index in [0.717, 1.165) is 23.1 Å². The first-order valence-electron chi connectivity index (χ1n) is 14.0. The highest BCUT2D eigenvalue weighted by Crippen LogP contribution is 2.38. The molecule has 0 unspecified atom stereocenters. The van der Waals surface area contributed by atoms with Crippen molar-refractivity contribution in [3.05, 3.63) is 82.5 Å². The Labute approximate surface area is 256 Å². The van der Waals surface area contributed by atoms with Crippen LogP contribution in [0.5, 0.6) is 0 Å². The molecule has 14 heteroatoms. The predicted molar refractivity (Wildman–Crippen MR) is 162 cm³/mol. The van der Waals surface area contributed by atoms with Gasteiger partial charge >= 0.3 is 5.69 Å². The van der Waals surface area contributed by atoms with Crippen LogP contribution in [0, 0.1) is 11.6 Å². The van der Waals surface area contributed by atoms with E-state index in [9.17, 15) is 26.8 Å². The lowest BCUT2D eigenvalue weighted by Gasteiger charge is -2.40. The van der Waals surface area contributed by atoms with Crippen molar-refractivity contribution in [1.29, 1.82) is 0 Å². The number of rotatable bonds is 6. The van der Waals surface area contributed by atoms with Crippen LogP contribution in [0.1, 0.15) is 26.2 Å². The first-order valence-corrected chi connectivity index (χ1v) is 15.9. The van der Waals surface area contributed by atoms with Gasteiger partial charge in [0.25, 0.3) is 0 Å². The maximum Gasteiger partial charge on any atom is 0.355 e. The second-order valence-electron chi connectivity index (χ2n) is 10.8. The van der Waals surface area contributed by atoms with Crippen molar-refractivity contribution in [2.75, 3.05) is 24.5 Å². The van der Waals surface area contributed by atoms with Crippen molar-refractivity contribution in [2.45, 2.75) is 42.4 Å². The highest BCUT2D eigenvalue weighted by atomic mass is 35.5. The quantitative estimate of drug-likeness (QED) is 0.286. The Morgan fingerprint density at radius 2 is 1.86 bits per heavy atom. The standard InChI is InChI=1S/C30H27ClF2N6O4S/c1-3-25(40)37-12-13-38(17(2)16-37)28-19-14-20(31)27(26-21(32)8-5-9-22(26)33)35-29(19)39(30(41)36-28)23-15-34-11-10-24(23)44(42,43)18-6-4-7-18/h3,5,8-11,14-15,17-18H,1,4,6-7,12-13,16H2,2H3/t17-/m0/s1. The summed E-state index contributed by atoms with van der Waals surface area (Å²) in [5.74, 6) is -1.90. The molecular weight excluding hydrogens is 614 g/mol. The fraction of sp³-hybridized carbons (Fsp3) is 0.300. The van der Waals surface area contributed by atoms with Crippen LogP contribution in [-0.2, 0) is 14.6 Å². The number of benzene rings is 1. The molecule has 0 spiro atoms. The fourth-order valence-corrected chi connectivity index (χ4v) is 7.93. The average Bonchev–Trinajstić information content (AvgIpc) is 2.96. The number of carbonyl (C=O) groups is 1. The maximum absolute atomic E-state index is 15.0. The highest BCUT2D eigenvalue weighted by molar-refractivity contribution is 7.92. The van der Waals surface area contributed by atoms with Gasteiger partial charge in [0.05, 0.1) is 43.7 Å². The lowest BCUT2D eigenvalue weighted by molar-refractivity contribution is -0.126. The number of anilines is 1. The number of nitrogens with zero attached hydrogens (tertiary/aromatic N) is 6. The van der Waals surface area contributed by atoms with Gasteiger partial charge in [-0.25, -0.2) is 31.5 Å². The van der Waals surface area contributed by atoms with Gasteiger partial charge < -0.3 is 9.80 Å². The Morgan fingerprint density at radius 1 is 1.14 bits per heavy atom. The Bertz CT molecular complexity index is 1980. The molecule has 2 aliphatic rings. The van der Waals surface area contributed by atoms with E-state index in [1.807, 2.05) is 11.8 Å². The molecule has 3 aromatic heterocycles. The SMILES string of the molecule is C=CC(=O)N1CCN(c2nc(=O)n(-c3cnccc3S(=O)(=O)C3CCC3)c3nc(-c4c(F)cccc4F)c(Cl)cc23)[C@@H](C)C1. The number of fused-ring (bicyclic) bond motifs is 1. The Hall–Kier alpha value is -4.23. The van der Waals surface area contributed by atoms with Crippen molar-refractivity contribution in [1.82, 2.24) is 24.4 Å². The van der Waals surface area contributed by atoms with Crippen molar-refractivity contribution < 1.29 is 22.0 Å². The molecule has 0 radical (unpaired) electrons. The first-order chi connectivity index (χ1) is 21.0. The molecule has 1 aliphatic heterocycles. The van der Waals surface area contributed by atoms with E-state index in [1.54, 1.807) is 4.90 Å². The lowest BCUT2D eigenvalue weighted by Crippen LogP contribution is -2.54. The highest BCUT2D eigenvalue weighted by Gasteiger charge is 2.36. The summed E-state index contributed by atoms with van der Waals surface area (Å²) in [6.07, 6.45) is 5.52. The zero-order chi connectivity index (χ0) is 31.3. The fourth-order valence-electron chi connectivity index (χ4n) is 5.69. The number of pyridine rings is 2. The number of aromatic nitrogens is 4. The van der Waals surface area contributed by atoms with Crippen LogP contribution >= 0.6 is 11.6 Å². The van der Waals surface area contributed by atoms with Crippen molar-refractivity contribution >= 4 is 44.2 Å². The largest absolute Gasteiger partial charge is 0.355 e. The van der Waals surface area contributed by atoms with Gasteiger partial charge in [-0.3, -0.25) is 9.78 Å². The Morgan fingerprint density at radius 3 is 2.50 bits per heavy atom. The van der Waals surface area contributed by atoms with Crippen LogP contribution in [0.4, 0.5) is 14.6 Å².